The molecule has 2 rings (SSSR count). The fourth-order valence-corrected chi connectivity index (χ4v) is 2.40. The minimum Gasteiger partial charge on any atom is -0.487 e. The standard InChI is InChI=1S/C14H9Cl3FNOS/c15-9-4-11(17)12(5-10(9)16)20-6-7-2-1-3-8(13(7)18)14(19)21/h1-5H,6H2,(H2,19,21). The molecule has 0 aliphatic rings. The van der Waals surface area contributed by atoms with Crippen LogP contribution in [0.1, 0.15) is 11.1 Å². The molecule has 0 saturated heterocycles. The summed E-state index contributed by atoms with van der Waals surface area (Å²) in [6, 6.07) is 7.66. The van der Waals surface area contributed by atoms with Gasteiger partial charge in [0.25, 0.3) is 0 Å². The third kappa shape index (κ3) is 3.77. The maximum atomic E-state index is 14.1. The van der Waals surface area contributed by atoms with Crippen molar-refractivity contribution in [3.63, 3.8) is 0 Å². The van der Waals surface area contributed by atoms with Crippen molar-refractivity contribution in [1.29, 1.82) is 0 Å². The molecule has 2 aromatic carbocycles. The van der Waals surface area contributed by atoms with Gasteiger partial charge in [-0.15, -0.1) is 0 Å². The van der Waals surface area contributed by atoms with Gasteiger partial charge in [0.1, 0.15) is 23.2 Å². The number of hydrogen-bond acceptors (Lipinski definition) is 2. The number of thiocarbonyl (C=S) groups is 1. The Morgan fingerprint density at radius 1 is 1.14 bits per heavy atom. The molecule has 0 atom stereocenters. The molecular weight excluding hydrogens is 356 g/mol. The van der Waals surface area contributed by atoms with Gasteiger partial charge in [0, 0.05) is 17.2 Å². The van der Waals surface area contributed by atoms with Gasteiger partial charge >= 0.3 is 0 Å². The molecule has 7 heteroatoms. The van der Waals surface area contributed by atoms with Gasteiger partial charge in [0.2, 0.25) is 0 Å². The smallest absolute Gasteiger partial charge is 0.139 e. The molecule has 0 amide bonds. The number of ether oxygens (including phenoxy) is 1. The third-order valence-corrected chi connectivity index (χ3v) is 3.94. The zero-order valence-electron chi connectivity index (χ0n) is 10.5. The summed E-state index contributed by atoms with van der Waals surface area (Å²) in [6.07, 6.45) is 0. The lowest BCUT2D eigenvalue weighted by Crippen LogP contribution is -2.13. The van der Waals surface area contributed by atoms with Crippen LogP contribution in [0.25, 0.3) is 0 Å². The van der Waals surface area contributed by atoms with Crippen molar-refractivity contribution in [1.82, 2.24) is 0 Å². The van der Waals surface area contributed by atoms with Crippen LogP contribution in [-0.2, 0) is 6.61 Å². The van der Waals surface area contributed by atoms with Crippen LogP contribution in [0.15, 0.2) is 30.3 Å². The molecule has 0 fully saturated rings. The molecule has 0 aliphatic heterocycles. The first kappa shape index (κ1) is 16.3. The average molecular weight is 365 g/mol. The highest BCUT2D eigenvalue weighted by Gasteiger charge is 2.12. The Morgan fingerprint density at radius 3 is 2.48 bits per heavy atom. The average Bonchev–Trinajstić information content (AvgIpc) is 2.42. The Bertz CT molecular complexity index is 709. The first-order chi connectivity index (χ1) is 9.90. The zero-order valence-corrected chi connectivity index (χ0v) is 13.6. The monoisotopic (exact) mass is 363 g/mol. The molecule has 0 aromatic heterocycles. The molecule has 0 aliphatic carbocycles. The summed E-state index contributed by atoms with van der Waals surface area (Å²) in [4.78, 5) is -0.0121. The molecule has 21 heavy (non-hydrogen) atoms. The fraction of sp³-hybridized carbons (Fsp3) is 0.0714. The van der Waals surface area contributed by atoms with Gasteiger partial charge in [-0.1, -0.05) is 59.2 Å². The molecular formula is C14H9Cl3FNOS. The van der Waals surface area contributed by atoms with E-state index in [0.29, 0.717) is 21.4 Å². The van der Waals surface area contributed by atoms with Crippen LogP contribution in [-0.4, -0.2) is 4.99 Å². The normalized spacial score (nSPS) is 10.5. The lowest BCUT2D eigenvalue weighted by molar-refractivity contribution is 0.300. The molecule has 0 radical (unpaired) electrons. The van der Waals surface area contributed by atoms with Gasteiger partial charge in [-0.2, -0.15) is 0 Å². The zero-order chi connectivity index (χ0) is 15.6. The second-order valence-corrected chi connectivity index (χ2v) is 5.79. The largest absolute Gasteiger partial charge is 0.487 e. The van der Waals surface area contributed by atoms with E-state index < -0.39 is 5.82 Å². The van der Waals surface area contributed by atoms with E-state index in [1.807, 2.05) is 0 Å². The first-order valence-electron chi connectivity index (χ1n) is 5.74. The van der Waals surface area contributed by atoms with Gasteiger partial charge < -0.3 is 10.5 Å². The van der Waals surface area contributed by atoms with E-state index in [-0.39, 0.29) is 22.2 Å². The number of hydrogen-bond donors (Lipinski definition) is 1. The highest BCUT2D eigenvalue weighted by Crippen LogP contribution is 2.34. The van der Waals surface area contributed by atoms with Crippen molar-refractivity contribution in [2.75, 3.05) is 0 Å². The van der Waals surface area contributed by atoms with E-state index in [2.05, 4.69) is 0 Å². The van der Waals surface area contributed by atoms with Crippen LogP contribution in [0.5, 0.6) is 5.75 Å². The Hall–Kier alpha value is -1.07. The van der Waals surface area contributed by atoms with E-state index in [1.165, 1.54) is 18.2 Å². The molecule has 110 valence electrons. The topological polar surface area (TPSA) is 35.2 Å². The highest BCUT2D eigenvalue weighted by atomic mass is 35.5. The van der Waals surface area contributed by atoms with Gasteiger partial charge in [-0.05, 0) is 12.1 Å². The minimum atomic E-state index is -0.513. The minimum absolute atomic E-state index is 0.0121. The van der Waals surface area contributed by atoms with Crippen LogP contribution in [0, 0.1) is 5.82 Å². The fourth-order valence-electron chi connectivity index (χ4n) is 1.65. The Balaban J connectivity index is 2.23. The van der Waals surface area contributed by atoms with Crippen LogP contribution in [0.4, 0.5) is 4.39 Å². The van der Waals surface area contributed by atoms with Gasteiger partial charge in [0.15, 0.2) is 0 Å². The Labute approximate surface area is 141 Å². The predicted octanol–water partition coefficient (Wildman–Crippen LogP) is 5.00. The summed E-state index contributed by atoms with van der Waals surface area (Å²) >= 11 is 22.5. The van der Waals surface area contributed by atoms with E-state index in [0.717, 1.165) is 0 Å². The second-order valence-electron chi connectivity index (χ2n) is 4.13. The van der Waals surface area contributed by atoms with E-state index >= 15 is 0 Å². The van der Waals surface area contributed by atoms with Crippen molar-refractivity contribution < 1.29 is 9.13 Å². The molecule has 2 aromatic rings. The molecule has 0 saturated carbocycles. The lowest BCUT2D eigenvalue weighted by atomic mass is 10.1. The van der Waals surface area contributed by atoms with Crippen LogP contribution >= 0.6 is 47.0 Å². The predicted molar refractivity (Wildman–Crippen MR) is 88.1 cm³/mol. The van der Waals surface area contributed by atoms with Crippen LogP contribution < -0.4 is 10.5 Å². The highest BCUT2D eigenvalue weighted by molar-refractivity contribution is 7.80. The van der Waals surface area contributed by atoms with E-state index in [4.69, 9.17) is 57.5 Å². The summed E-state index contributed by atoms with van der Waals surface area (Å²) in [5.74, 6) is -0.202. The van der Waals surface area contributed by atoms with Crippen molar-refractivity contribution in [3.05, 3.63) is 62.3 Å². The van der Waals surface area contributed by atoms with Crippen molar-refractivity contribution in [2.24, 2.45) is 5.73 Å². The number of benzene rings is 2. The Kier molecular flexibility index (Phi) is 5.27. The Morgan fingerprint density at radius 2 is 1.81 bits per heavy atom. The van der Waals surface area contributed by atoms with Crippen molar-refractivity contribution >= 4 is 52.0 Å². The van der Waals surface area contributed by atoms with E-state index in [1.54, 1.807) is 12.1 Å². The van der Waals surface area contributed by atoms with Crippen LogP contribution in [0.3, 0.4) is 0 Å². The van der Waals surface area contributed by atoms with Crippen molar-refractivity contribution in [3.8, 4) is 5.75 Å². The maximum Gasteiger partial charge on any atom is 0.139 e. The number of nitrogens with two attached hydrogens (primary N) is 1. The lowest BCUT2D eigenvalue weighted by Gasteiger charge is -2.11. The SMILES string of the molecule is NC(=S)c1cccc(COc2cc(Cl)c(Cl)cc2Cl)c1F. The molecule has 2 N–H and O–H groups in total. The van der Waals surface area contributed by atoms with Crippen LogP contribution in [0.2, 0.25) is 15.1 Å². The van der Waals surface area contributed by atoms with Gasteiger partial charge in [0.05, 0.1) is 15.1 Å². The summed E-state index contributed by atoms with van der Waals surface area (Å²) in [5, 5.41) is 0.902. The summed E-state index contributed by atoms with van der Waals surface area (Å²) < 4.78 is 19.6. The molecule has 0 spiro atoms. The summed E-state index contributed by atoms with van der Waals surface area (Å²) in [5.41, 5.74) is 5.93. The second kappa shape index (κ2) is 6.79. The number of halogens is 4. The molecule has 0 unspecified atom stereocenters. The molecule has 2 nitrogen and oxygen atoms in total. The molecule has 0 heterocycles. The maximum absolute atomic E-state index is 14.1. The van der Waals surface area contributed by atoms with Gasteiger partial charge in [-0.25, -0.2) is 4.39 Å². The van der Waals surface area contributed by atoms with Gasteiger partial charge in [-0.3, -0.25) is 0 Å². The quantitative estimate of drug-likeness (QED) is 0.612. The van der Waals surface area contributed by atoms with E-state index in [9.17, 15) is 4.39 Å². The number of rotatable bonds is 4. The molecule has 0 bridgehead atoms. The first-order valence-corrected chi connectivity index (χ1v) is 7.29. The third-order valence-electron chi connectivity index (χ3n) is 2.70. The summed E-state index contributed by atoms with van der Waals surface area (Å²) in [6.45, 7) is -0.0417. The summed E-state index contributed by atoms with van der Waals surface area (Å²) in [7, 11) is 0. The van der Waals surface area contributed by atoms with Crippen molar-refractivity contribution in [2.45, 2.75) is 6.61 Å².